The van der Waals surface area contributed by atoms with Crippen LogP contribution in [0.2, 0.25) is 0 Å². The van der Waals surface area contributed by atoms with Gasteiger partial charge in [0.15, 0.2) is 7.60 Å². The van der Waals surface area contributed by atoms with Crippen molar-refractivity contribution in [3.05, 3.63) is 0 Å². The monoisotopic (exact) mass is 339 g/mol. The molecule has 20 heavy (non-hydrogen) atoms. The van der Waals surface area contributed by atoms with E-state index in [0.29, 0.717) is 19.4 Å². The summed E-state index contributed by atoms with van der Waals surface area (Å²) in [6, 6.07) is 0. The molecule has 0 bridgehead atoms. The topological polar surface area (TPSA) is 164 Å². The van der Waals surface area contributed by atoms with Crippen molar-refractivity contribution in [3.8, 4) is 0 Å². The fourth-order valence-corrected chi connectivity index (χ4v) is 5.48. The Morgan fingerprint density at radius 2 is 1.60 bits per heavy atom. The normalized spacial score (nSPS) is 29.9. The molecule has 0 aromatic rings. The molecule has 0 heterocycles. The zero-order valence-electron chi connectivity index (χ0n) is 11.4. The van der Waals surface area contributed by atoms with E-state index in [0.717, 1.165) is 6.42 Å². The molecule has 1 fully saturated rings. The van der Waals surface area contributed by atoms with E-state index < -0.39 is 26.2 Å². The van der Waals surface area contributed by atoms with Crippen LogP contribution in [0.4, 0.5) is 0 Å². The van der Waals surface area contributed by atoms with Crippen LogP contribution in [0.3, 0.4) is 0 Å². The van der Waals surface area contributed by atoms with Gasteiger partial charge in [-0.05, 0) is 44.6 Å². The second-order valence-corrected chi connectivity index (χ2v) is 8.89. The van der Waals surface area contributed by atoms with E-state index in [2.05, 4.69) is 0 Å². The van der Waals surface area contributed by atoms with Crippen molar-refractivity contribution in [2.45, 2.75) is 37.2 Å². The van der Waals surface area contributed by atoms with E-state index in [9.17, 15) is 19.1 Å². The van der Waals surface area contributed by atoms with Crippen LogP contribution in [-0.4, -0.2) is 31.4 Å². The number of nitrogens with two attached hydrogens (primary N) is 1. The van der Waals surface area contributed by atoms with Crippen LogP contribution in [0.5, 0.6) is 0 Å². The van der Waals surface area contributed by atoms with Crippen molar-refractivity contribution in [3.63, 3.8) is 0 Å². The predicted molar refractivity (Wildman–Crippen MR) is 65.9 cm³/mol. The molecule has 114 valence electrons. The minimum atomic E-state index is -5.60. The van der Waals surface area contributed by atoms with Gasteiger partial charge in [0.25, 0.3) is 0 Å². The van der Waals surface area contributed by atoms with Gasteiger partial charge in [0.05, 0.1) is 0 Å². The van der Waals surface area contributed by atoms with Crippen molar-refractivity contribution in [1.29, 1.82) is 0 Å². The molecule has 2 unspecified atom stereocenters. The SMILES string of the molecule is NCC[C@H]1CC[C@H](C(O)(P(=O)([O-])O)P(=O)(O)O)CC1.[Na+]. The number of rotatable bonds is 5. The van der Waals surface area contributed by atoms with E-state index in [4.69, 9.17) is 20.4 Å². The van der Waals surface area contributed by atoms with Gasteiger partial charge >= 0.3 is 37.2 Å². The molecular formula is C9H20NNaO7P2. The van der Waals surface area contributed by atoms with E-state index in [1.165, 1.54) is 0 Å². The zero-order chi connectivity index (χ0) is 14.9. The summed E-state index contributed by atoms with van der Waals surface area (Å²) in [6.45, 7) is 0.484. The number of hydrogen-bond donors (Lipinski definition) is 5. The maximum atomic E-state index is 11.3. The smallest absolute Gasteiger partial charge is 0.776 e. The van der Waals surface area contributed by atoms with E-state index in [1.807, 2.05) is 0 Å². The summed E-state index contributed by atoms with van der Waals surface area (Å²) in [6.07, 6.45) is 2.03. The second kappa shape index (κ2) is 7.66. The molecule has 0 saturated heterocycles. The minimum absolute atomic E-state index is 0. The van der Waals surface area contributed by atoms with Crippen molar-refractivity contribution < 1.29 is 63.4 Å². The van der Waals surface area contributed by atoms with Crippen molar-refractivity contribution in [2.75, 3.05) is 6.54 Å². The molecule has 1 aliphatic carbocycles. The van der Waals surface area contributed by atoms with Crippen LogP contribution in [0, 0.1) is 11.8 Å². The summed E-state index contributed by atoms with van der Waals surface area (Å²) in [4.78, 5) is 38.5. The van der Waals surface area contributed by atoms with E-state index in [1.54, 1.807) is 0 Å². The third-order valence-electron chi connectivity index (χ3n) is 3.81. The van der Waals surface area contributed by atoms with Crippen LogP contribution in [0.25, 0.3) is 0 Å². The first-order chi connectivity index (χ1) is 8.54. The number of hydrogen-bond acceptors (Lipinski definition) is 5. The fourth-order valence-electron chi connectivity index (χ4n) is 2.71. The summed E-state index contributed by atoms with van der Waals surface area (Å²) >= 11 is 0. The quantitative estimate of drug-likeness (QED) is 0.254. The molecule has 6 N–H and O–H groups in total. The minimum Gasteiger partial charge on any atom is -0.776 e. The predicted octanol–water partition coefficient (Wildman–Crippen LogP) is -3.48. The maximum absolute atomic E-state index is 11.3. The Morgan fingerprint density at radius 1 is 1.15 bits per heavy atom. The van der Waals surface area contributed by atoms with Gasteiger partial charge < -0.3 is 35.0 Å². The van der Waals surface area contributed by atoms with Crippen molar-refractivity contribution in [1.82, 2.24) is 0 Å². The molecule has 8 nitrogen and oxygen atoms in total. The Hall–Kier alpha value is 1.22. The summed E-state index contributed by atoms with van der Waals surface area (Å²) < 4.78 is 22.5. The summed E-state index contributed by atoms with van der Waals surface area (Å²) in [5.41, 5.74) is 5.41. The van der Waals surface area contributed by atoms with Crippen molar-refractivity contribution >= 4 is 15.2 Å². The van der Waals surface area contributed by atoms with Gasteiger partial charge in [-0.15, -0.1) is 0 Å². The third-order valence-corrected chi connectivity index (χ3v) is 7.77. The van der Waals surface area contributed by atoms with Crippen LogP contribution < -0.4 is 40.2 Å². The molecule has 11 heteroatoms. The Labute approximate surface area is 139 Å². The summed E-state index contributed by atoms with van der Waals surface area (Å²) in [5, 5.41) is 6.53. The maximum Gasteiger partial charge on any atom is 1.00 e. The van der Waals surface area contributed by atoms with Crippen molar-refractivity contribution in [2.24, 2.45) is 17.6 Å². The molecule has 0 spiro atoms. The fraction of sp³-hybridized carbons (Fsp3) is 1.00. The average molecular weight is 339 g/mol. The van der Waals surface area contributed by atoms with E-state index in [-0.39, 0.29) is 48.3 Å². The van der Waals surface area contributed by atoms with Gasteiger partial charge in [0.1, 0.15) is 0 Å². The van der Waals surface area contributed by atoms with Gasteiger partial charge in [-0.3, -0.25) is 4.57 Å². The van der Waals surface area contributed by atoms with Crippen LogP contribution >= 0.6 is 15.2 Å². The Kier molecular flexibility index (Phi) is 8.13. The molecule has 0 aliphatic heterocycles. The van der Waals surface area contributed by atoms with Crippen LogP contribution in [0.15, 0.2) is 0 Å². The van der Waals surface area contributed by atoms with E-state index >= 15 is 0 Å². The van der Waals surface area contributed by atoms with Gasteiger partial charge in [0, 0.05) is 5.92 Å². The molecular weight excluding hydrogens is 319 g/mol. The Morgan fingerprint density at radius 3 is 1.90 bits per heavy atom. The molecule has 1 rings (SSSR count). The van der Waals surface area contributed by atoms with Crippen LogP contribution in [0.1, 0.15) is 32.1 Å². The molecule has 1 saturated carbocycles. The standard InChI is InChI=1S/C9H21NO7P2.Na/c10-6-5-7-1-3-8(4-2-7)9(11,18(12,13)14)19(15,16)17;/h7-8,11H,1-6,10H2,(H2,12,13,14)(H2,15,16,17);/q;+1/p-1/t7-,8-;. The molecule has 2 atom stereocenters. The Balaban J connectivity index is 0.00000361. The van der Waals surface area contributed by atoms with Gasteiger partial charge in [0.2, 0.25) is 5.08 Å². The first-order valence-corrected chi connectivity index (χ1v) is 9.25. The van der Waals surface area contributed by atoms with Gasteiger partial charge in [-0.25, -0.2) is 0 Å². The largest absolute Gasteiger partial charge is 1.00 e. The summed E-state index contributed by atoms with van der Waals surface area (Å²) in [5.74, 6) is -0.914. The Bertz CT molecular complexity index is 379. The average Bonchev–Trinajstić information content (AvgIpc) is 2.26. The molecule has 0 aromatic heterocycles. The third kappa shape index (κ3) is 4.37. The first-order valence-electron chi connectivity index (χ1n) is 6.06. The molecule has 1 aliphatic rings. The number of aliphatic hydroxyl groups is 1. The van der Waals surface area contributed by atoms with Gasteiger partial charge in [-0.2, -0.15) is 0 Å². The zero-order valence-corrected chi connectivity index (χ0v) is 15.2. The molecule has 0 radical (unpaired) electrons. The molecule has 0 aromatic carbocycles. The van der Waals surface area contributed by atoms with Crippen LogP contribution in [-0.2, 0) is 9.13 Å². The van der Waals surface area contributed by atoms with Gasteiger partial charge in [-0.1, -0.05) is 0 Å². The second-order valence-electron chi connectivity index (χ2n) is 5.05. The summed E-state index contributed by atoms with van der Waals surface area (Å²) in [7, 11) is -11.0. The molecule has 0 amide bonds. The first kappa shape index (κ1) is 21.2.